The quantitative estimate of drug-likeness (QED) is 0.280. The molecule has 1 aromatic carbocycles. The van der Waals surface area contributed by atoms with Crippen LogP contribution in [0.2, 0.25) is 0 Å². The van der Waals surface area contributed by atoms with Gasteiger partial charge in [0.25, 0.3) is 0 Å². The van der Waals surface area contributed by atoms with Crippen LogP contribution in [-0.2, 0) is 42.9 Å². The SMILES string of the molecule is [2H]CC(=O)OC[C@H]1OC(Oc2cccc(I)c2)[C@@H](OC(=O)C[2H])[C@@H](OC(=O)C[2H])[C@@H]1OC(=O)C[2H]. The molecular weight excluding hydrogens is 527 g/mol. The minimum atomic E-state index is -1.60. The van der Waals surface area contributed by atoms with Crippen molar-refractivity contribution in [2.24, 2.45) is 0 Å². The summed E-state index contributed by atoms with van der Waals surface area (Å²) in [5, 5.41) is 0. The first-order valence-electron chi connectivity index (χ1n) is 11.5. The van der Waals surface area contributed by atoms with Gasteiger partial charge in [-0.3, -0.25) is 19.2 Å². The summed E-state index contributed by atoms with van der Waals surface area (Å²) in [7, 11) is 0. The first-order chi connectivity index (χ1) is 16.7. The fraction of sp³-hybridized carbons (Fsp3) is 0.500. The number of carbonyl (C=O) groups is 4. The van der Waals surface area contributed by atoms with Crippen LogP contribution in [0, 0.1) is 3.57 Å². The van der Waals surface area contributed by atoms with Crippen LogP contribution in [0.5, 0.6) is 5.75 Å². The van der Waals surface area contributed by atoms with Gasteiger partial charge in [-0.15, -0.1) is 0 Å². The number of halogens is 1. The molecule has 5 atom stereocenters. The molecule has 170 valence electrons. The first-order valence-corrected chi connectivity index (χ1v) is 9.78. The van der Waals surface area contributed by atoms with Gasteiger partial charge in [0.1, 0.15) is 18.5 Å². The van der Waals surface area contributed by atoms with Crippen LogP contribution >= 0.6 is 22.6 Å². The summed E-state index contributed by atoms with van der Waals surface area (Å²) in [4.78, 5) is 47.6. The Morgan fingerprint density at radius 1 is 0.935 bits per heavy atom. The normalized spacial score (nSPS) is 26.8. The Morgan fingerprint density at radius 3 is 2.16 bits per heavy atom. The number of esters is 4. The molecular formula is C20H23IO10. The van der Waals surface area contributed by atoms with Gasteiger partial charge in [-0.2, -0.15) is 0 Å². The molecule has 1 saturated heterocycles. The molecule has 1 aliphatic heterocycles. The Hall–Kier alpha value is -2.41. The lowest BCUT2D eigenvalue weighted by atomic mass is 9.98. The van der Waals surface area contributed by atoms with Gasteiger partial charge in [0, 0.05) is 36.7 Å². The smallest absolute Gasteiger partial charge is 0.303 e. The molecule has 0 radical (unpaired) electrons. The van der Waals surface area contributed by atoms with Crippen LogP contribution in [0.15, 0.2) is 24.3 Å². The summed E-state index contributed by atoms with van der Waals surface area (Å²) in [5.41, 5.74) is 0. The van der Waals surface area contributed by atoms with Gasteiger partial charge in [0.15, 0.2) is 12.2 Å². The Kier molecular flexibility index (Phi) is 7.02. The Morgan fingerprint density at radius 2 is 1.55 bits per heavy atom. The van der Waals surface area contributed by atoms with Gasteiger partial charge in [0.2, 0.25) is 12.4 Å². The molecule has 0 saturated carbocycles. The monoisotopic (exact) mass is 554 g/mol. The molecule has 31 heavy (non-hydrogen) atoms. The predicted octanol–water partition coefficient (Wildman–Crippen LogP) is 1.75. The van der Waals surface area contributed by atoms with E-state index in [9.17, 15) is 19.2 Å². The zero-order valence-electron chi connectivity index (χ0n) is 20.2. The van der Waals surface area contributed by atoms with E-state index >= 15 is 0 Å². The van der Waals surface area contributed by atoms with Crippen LogP contribution in [0.25, 0.3) is 0 Å². The van der Waals surface area contributed by atoms with Crippen molar-refractivity contribution in [2.45, 2.75) is 58.3 Å². The predicted molar refractivity (Wildman–Crippen MR) is 112 cm³/mol. The lowest BCUT2D eigenvalue weighted by Crippen LogP contribution is -2.63. The molecule has 2 rings (SSSR count). The van der Waals surface area contributed by atoms with Crippen LogP contribution in [0.3, 0.4) is 0 Å². The van der Waals surface area contributed by atoms with Crippen LogP contribution in [0.4, 0.5) is 0 Å². The van der Waals surface area contributed by atoms with Crippen molar-refractivity contribution in [1.82, 2.24) is 0 Å². The van der Waals surface area contributed by atoms with Crippen LogP contribution in [-0.4, -0.2) is 61.2 Å². The number of benzene rings is 1. The minimum absolute atomic E-state index is 0.267. The maximum absolute atomic E-state index is 12.1. The van der Waals surface area contributed by atoms with E-state index in [4.69, 9.17) is 33.9 Å². The molecule has 1 fully saturated rings. The van der Waals surface area contributed by atoms with Gasteiger partial charge < -0.3 is 28.4 Å². The summed E-state index contributed by atoms with van der Waals surface area (Å²) in [6.07, 6.45) is -7.52. The summed E-state index contributed by atoms with van der Waals surface area (Å²) < 4.78 is 62.0. The molecule has 0 amide bonds. The fourth-order valence-corrected chi connectivity index (χ4v) is 3.33. The molecule has 11 heteroatoms. The molecule has 0 spiro atoms. The summed E-state index contributed by atoms with van der Waals surface area (Å²) in [6.45, 7) is -3.70. The number of hydrogen-bond donors (Lipinski definition) is 0. The summed E-state index contributed by atoms with van der Waals surface area (Å²) in [5.74, 6) is -3.80. The van der Waals surface area contributed by atoms with Crippen LogP contribution < -0.4 is 4.74 Å². The second kappa shape index (κ2) is 11.3. The van der Waals surface area contributed by atoms with Gasteiger partial charge in [-0.25, -0.2) is 0 Å². The van der Waals surface area contributed by atoms with Gasteiger partial charge in [-0.05, 0) is 40.8 Å². The summed E-state index contributed by atoms with van der Waals surface area (Å²) in [6, 6.07) is 6.65. The minimum Gasteiger partial charge on any atom is -0.463 e. The second-order valence-corrected chi connectivity index (χ2v) is 7.41. The highest BCUT2D eigenvalue weighted by atomic mass is 127. The molecule has 0 aliphatic carbocycles. The Balaban J connectivity index is 2.50. The highest BCUT2D eigenvalue weighted by Gasteiger charge is 2.53. The van der Waals surface area contributed by atoms with E-state index < -0.39 is 88.8 Å². The van der Waals surface area contributed by atoms with E-state index in [0.717, 1.165) is 3.57 Å². The molecule has 1 unspecified atom stereocenters. The third kappa shape index (κ3) is 7.65. The van der Waals surface area contributed by atoms with E-state index in [1.165, 1.54) is 0 Å². The highest BCUT2D eigenvalue weighted by Crippen LogP contribution is 2.31. The molecule has 1 heterocycles. The van der Waals surface area contributed by atoms with Crippen molar-refractivity contribution in [2.75, 3.05) is 6.61 Å². The molecule has 1 aliphatic rings. The maximum atomic E-state index is 12.1. The maximum Gasteiger partial charge on any atom is 0.303 e. The van der Waals surface area contributed by atoms with Crippen molar-refractivity contribution in [3.05, 3.63) is 27.8 Å². The van der Waals surface area contributed by atoms with Crippen molar-refractivity contribution >= 4 is 46.5 Å². The fourth-order valence-electron chi connectivity index (χ4n) is 2.81. The largest absolute Gasteiger partial charge is 0.463 e. The van der Waals surface area contributed by atoms with Crippen molar-refractivity contribution in [3.8, 4) is 5.75 Å². The number of rotatable bonds is 7. The molecule has 0 bridgehead atoms. The van der Waals surface area contributed by atoms with E-state index in [2.05, 4.69) is 0 Å². The zero-order chi connectivity index (χ0) is 26.0. The van der Waals surface area contributed by atoms with Crippen molar-refractivity contribution in [1.29, 1.82) is 0 Å². The standard InChI is InChI=1S/C20H23IO10/c1-10(22)26-9-16-17(27-11(2)23)18(28-12(3)24)19(29-13(4)25)20(31-16)30-15-7-5-6-14(21)8-15/h5-8,16-20H,9H2,1-4H3/t16-,17-,18+,19+,20?/m1/s1/i1D,2D,3D,4D. The number of ether oxygens (including phenoxy) is 6. The number of carbonyl (C=O) groups excluding carboxylic acids is 4. The average Bonchev–Trinajstić information content (AvgIpc) is 2.85. The molecule has 0 aromatic heterocycles. The molecule has 0 N–H and O–H groups in total. The Bertz CT molecular complexity index is 904. The topological polar surface area (TPSA) is 124 Å². The lowest BCUT2D eigenvalue weighted by molar-refractivity contribution is -0.288. The summed E-state index contributed by atoms with van der Waals surface area (Å²) >= 11 is 2.03. The van der Waals surface area contributed by atoms with Gasteiger partial charge >= 0.3 is 23.9 Å². The zero-order valence-corrected chi connectivity index (χ0v) is 18.3. The van der Waals surface area contributed by atoms with Gasteiger partial charge in [0.05, 0.1) is 0 Å². The third-order valence-corrected chi connectivity index (χ3v) is 4.52. The first kappa shape index (κ1) is 19.3. The lowest BCUT2D eigenvalue weighted by Gasteiger charge is -2.43. The van der Waals surface area contributed by atoms with Crippen molar-refractivity contribution < 1.29 is 53.1 Å². The van der Waals surface area contributed by atoms with E-state index in [0.29, 0.717) is 0 Å². The Labute approximate surface area is 198 Å². The third-order valence-electron chi connectivity index (χ3n) is 3.85. The van der Waals surface area contributed by atoms with Gasteiger partial charge in [-0.1, -0.05) is 6.07 Å². The van der Waals surface area contributed by atoms with E-state index in [1.54, 1.807) is 24.3 Å². The average molecular weight is 554 g/mol. The second-order valence-electron chi connectivity index (χ2n) is 6.16. The number of hydrogen-bond acceptors (Lipinski definition) is 10. The molecule has 1 aromatic rings. The van der Waals surface area contributed by atoms with E-state index in [-0.39, 0.29) is 5.75 Å². The van der Waals surface area contributed by atoms with Crippen LogP contribution in [0.1, 0.15) is 33.1 Å². The van der Waals surface area contributed by atoms with E-state index in [1.807, 2.05) is 22.6 Å². The molecule has 10 nitrogen and oxygen atoms in total. The highest BCUT2D eigenvalue weighted by molar-refractivity contribution is 14.1. The van der Waals surface area contributed by atoms with Crippen molar-refractivity contribution in [3.63, 3.8) is 0 Å².